The second-order valence-electron chi connectivity index (χ2n) is 4.74. The topological polar surface area (TPSA) is 27.8 Å². The van der Waals surface area contributed by atoms with Crippen molar-refractivity contribution in [2.45, 2.75) is 13.1 Å². The van der Waals surface area contributed by atoms with E-state index in [1.54, 1.807) is 6.07 Å². The summed E-state index contributed by atoms with van der Waals surface area (Å²) in [5, 5.41) is 6.00. The van der Waals surface area contributed by atoms with E-state index in [0.717, 1.165) is 24.2 Å². The summed E-state index contributed by atoms with van der Waals surface area (Å²) in [6.07, 6.45) is 2.04. The summed E-state index contributed by atoms with van der Waals surface area (Å²) < 4.78 is 0. The van der Waals surface area contributed by atoms with Gasteiger partial charge < -0.3 is 10.3 Å². The van der Waals surface area contributed by atoms with E-state index in [0.29, 0.717) is 10.0 Å². The van der Waals surface area contributed by atoms with Gasteiger partial charge in [0.2, 0.25) is 0 Å². The van der Waals surface area contributed by atoms with Gasteiger partial charge in [0.25, 0.3) is 0 Å². The molecule has 3 rings (SSSR count). The third-order valence-electron chi connectivity index (χ3n) is 3.24. The summed E-state index contributed by atoms with van der Waals surface area (Å²) in [6, 6.07) is 13.9. The molecule has 0 atom stereocenters. The van der Waals surface area contributed by atoms with E-state index >= 15 is 0 Å². The van der Waals surface area contributed by atoms with E-state index in [4.69, 9.17) is 23.2 Å². The first-order valence-corrected chi connectivity index (χ1v) is 7.18. The number of H-pyrrole nitrogens is 1. The van der Waals surface area contributed by atoms with Crippen LogP contribution in [0.4, 0.5) is 0 Å². The molecular weight excluding hydrogens is 291 g/mol. The molecule has 2 aromatic carbocycles. The van der Waals surface area contributed by atoms with E-state index in [2.05, 4.69) is 28.5 Å². The number of benzene rings is 2. The van der Waals surface area contributed by atoms with Crippen molar-refractivity contribution >= 4 is 34.1 Å². The van der Waals surface area contributed by atoms with Crippen LogP contribution in [0, 0.1) is 0 Å². The Morgan fingerprint density at radius 1 is 0.950 bits per heavy atom. The molecule has 2 nitrogen and oxygen atoms in total. The highest BCUT2D eigenvalue weighted by Gasteiger charge is 2.03. The summed E-state index contributed by atoms with van der Waals surface area (Å²) in [6.45, 7) is 1.54. The fraction of sp³-hybridized carbons (Fsp3) is 0.125. The Morgan fingerprint density at radius 3 is 2.50 bits per heavy atom. The predicted octanol–water partition coefficient (Wildman–Crippen LogP) is 4.76. The van der Waals surface area contributed by atoms with Crippen molar-refractivity contribution in [1.29, 1.82) is 0 Å². The lowest BCUT2D eigenvalue weighted by atomic mass is 10.1. The molecule has 0 bridgehead atoms. The Bertz CT molecular complexity index is 714. The third-order valence-corrected chi connectivity index (χ3v) is 3.68. The van der Waals surface area contributed by atoms with Crippen LogP contribution in [0.25, 0.3) is 10.9 Å². The van der Waals surface area contributed by atoms with E-state index in [-0.39, 0.29) is 0 Å². The van der Waals surface area contributed by atoms with E-state index in [1.165, 1.54) is 10.9 Å². The fourth-order valence-electron chi connectivity index (χ4n) is 2.33. The number of fused-ring (bicyclic) bond motifs is 1. The molecule has 0 radical (unpaired) electrons. The molecule has 0 saturated heterocycles. The van der Waals surface area contributed by atoms with Crippen LogP contribution in [0.5, 0.6) is 0 Å². The second kappa shape index (κ2) is 5.88. The van der Waals surface area contributed by atoms with Gasteiger partial charge in [-0.1, -0.05) is 41.4 Å². The Labute approximate surface area is 127 Å². The van der Waals surface area contributed by atoms with Crippen LogP contribution in [0.15, 0.2) is 48.7 Å². The largest absolute Gasteiger partial charge is 0.361 e. The molecule has 2 N–H and O–H groups in total. The average Bonchev–Trinajstić information content (AvgIpc) is 2.81. The minimum absolute atomic E-state index is 0.668. The molecule has 1 heterocycles. The van der Waals surface area contributed by atoms with E-state index in [9.17, 15) is 0 Å². The molecule has 0 spiro atoms. The van der Waals surface area contributed by atoms with Crippen molar-refractivity contribution in [2.75, 3.05) is 0 Å². The fourth-order valence-corrected chi connectivity index (χ4v) is 2.90. The Morgan fingerprint density at radius 2 is 1.70 bits per heavy atom. The van der Waals surface area contributed by atoms with Crippen LogP contribution in [0.1, 0.15) is 11.1 Å². The molecule has 0 saturated carbocycles. The summed E-state index contributed by atoms with van der Waals surface area (Å²) >= 11 is 12.0. The summed E-state index contributed by atoms with van der Waals surface area (Å²) in [4.78, 5) is 3.27. The van der Waals surface area contributed by atoms with Crippen LogP contribution in [0.3, 0.4) is 0 Å². The minimum Gasteiger partial charge on any atom is -0.361 e. The van der Waals surface area contributed by atoms with Crippen LogP contribution in [0.2, 0.25) is 10.0 Å². The van der Waals surface area contributed by atoms with Gasteiger partial charge in [-0.15, -0.1) is 0 Å². The van der Waals surface area contributed by atoms with E-state index < -0.39 is 0 Å². The number of aromatic amines is 1. The van der Waals surface area contributed by atoms with Gasteiger partial charge >= 0.3 is 0 Å². The highest BCUT2D eigenvalue weighted by Crippen LogP contribution is 2.20. The number of para-hydroxylation sites is 1. The highest BCUT2D eigenvalue weighted by molar-refractivity contribution is 6.34. The first-order chi connectivity index (χ1) is 9.72. The normalized spacial score (nSPS) is 11.1. The standard InChI is InChI=1S/C16H14Cl2N2/c17-13-5-11(6-14(18)7-13)8-19-9-12-10-20-16-4-2-1-3-15(12)16/h1-7,10,19-20H,8-9H2. The van der Waals surface area contributed by atoms with Gasteiger partial charge in [0, 0.05) is 40.2 Å². The maximum absolute atomic E-state index is 5.99. The van der Waals surface area contributed by atoms with Gasteiger partial charge in [0.05, 0.1) is 0 Å². The van der Waals surface area contributed by atoms with Gasteiger partial charge in [0.15, 0.2) is 0 Å². The lowest BCUT2D eigenvalue weighted by Crippen LogP contribution is -2.12. The number of aromatic nitrogens is 1. The molecule has 1 aromatic heterocycles. The van der Waals surface area contributed by atoms with Crippen LogP contribution < -0.4 is 5.32 Å². The predicted molar refractivity (Wildman–Crippen MR) is 85.3 cm³/mol. The number of halogens is 2. The Kier molecular flexibility index (Phi) is 3.97. The number of nitrogens with one attached hydrogen (secondary N) is 2. The minimum atomic E-state index is 0.668. The average molecular weight is 305 g/mol. The zero-order chi connectivity index (χ0) is 13.9. The quantitative estimate of drug-likeness (QED) is 0.714. The van der Waals surface area contributed by atoms with Gasteiger partial charge in [-0.3, -0.25) is 0 Å². The van der Waals surface area contributed by atoms with Gasteiger partial charge in [0.1, 0.15) is 0 Å². The zero-order valence-electron chi connectivity index (χ0n) is 10.8. The highest BCUT2D eigenvalue weighted by atomic mass is 35.5. The van der Waals surface area contributed by atoms with Gasteiger partial charge in [-0.25, -0.2) is 0 Å². The molecule has 3 aromatic rings. The molecule has 0 aliphatic rings. The molecule has 0 fully saturated rings. The zero-order valence-corrected chi connectivity index (χ0v) is 12.3. The van der Waals surface area contributed by atoms with Gasteiger partial charge in [-0.05, 0) is 35.4 Å². The lowest BCUT2D eigenvalue weighted by Gasteiger charge is -2.05. The Balaban J connectivity index is 1.68. The first kappa shape index (κ1) is 13.5. The smallest absolute Gasteiger partial charge is 0.0457 e. The molecule has 4 heteroatoms. The van der Waals surface area contributed by atoms with E-state index in [1.807, 2.05) is 24.4 Å². The monoisotopic (exact) mass is 304 g/mol. The summed E-state index contributed by atoms with van der Waals surface area (Å²) in [5.41, 5.74) is 3.51. The maximum atomic E-state index is 5.99. The van der Waals surface area contributed by atoms with Crippen molar-refractivity contribution in [3.8, 4) is 0 Å². The molecule has 102 valence electrons. The number of hydrogen-bond acceptors (Lipinski definition) is 1. The molecular formula is C16H14Cl2N2. The second-order valence-corrected chi connectivity index (χ2v) is 5.61. The molecule has 0 amide bonds. The molecule has 0 aliphatic heterocycles. The summed E-state index contributed by atoms with van der Waals surface area (Å²) in [5.74, 6) is 0. The van der Waals surface area contributed by atoms with Crippen molar-refractivity contribution in [2.24, 2.45) is 0 Å². The molecule has 20 heavy (non-hydrogen) atoms. The van der Waals surface area contributed by atoms with Crippen LogP contribution >= 0.6 is 23.2 Å². The van der Waals surface area contributed by atoms with Crippen molar-refractivity contribution in [1.82, 2.24) is 10.3 Å². The SMILES string of the molecule is Clc1cc(Cl)cc(CNCc2c[nH]c3ccccc23)c1. The first-order valence-electron chi connectivity index (χ1n) is 6.43. The number of hydrogen-bond donors (Lipinski definition) is 2. The lowest BCUT2D eigenvalue weighted by molar-refractivity contribution is 0.696. The van der Waals surface area contributed by atoms with Crippen LogP contribution in [-0.4, -0.2) is 4.98 Å². The maximum Gasteiger partial charge on any atom is 0.0457 e. The summed E-state index contributed by atoms with van der Waals surface area (Å²) in [7, 11) is 0. The molecule has 0 unspecified atom stereocenters. The van der Waals surface area contributed by atoms with Crippen molar-refractivity contribution in [3.63, 3.8) is 0 Å². The van der Waals surface area contributed by atoms with Gasteiger partial charge in [-0.2, -0.15) is 0 Å². The third kappa shape index (κ3) is 2.98. The molecule has 0 aliphatic carbocycles. The number of rotatable bonds is 4. The Hall–Kier alpha value is -1.48. The van der Waals surface area contributed by atoms with Crippen molar-refractivity contribution in [3.05, 3.63) is 69.8 Å². The van der Waals surface area contributed by atoms with Crippen molar-refractivity contribution < 1.29 is 0 Å². The van der Waals surface area contributed by atoms with Crippen LogP contribution in [-0.2, 0) is 13.1 Å².